The maximum absolute atomic E-state index is 14.9. The molecule has 0 aromatic carbocycles. The Morgan fingerprint density at radius 1 is 0.197 bits per heavy atom. The molecule has 0 amide bonds. The summed E-state index contributed by atoms with van der Waals surface area (Å²) in [6.07, 6.45) is -25.2. The lowest BCUT2D eigenvalue weighted by Gasteiger charge is -2.45. The van der Waals surface area contributed by atoms with Crippen molar-refractivity contribution in [1.82, 2.24) is 0 Å². The fraction of sp³-hybridized carbons (Fsp3) is 1.00. The van der Waals surface area contributed by atoms with Crippen LogP contribution in [0.1, 0.15) is 0 Å². The van der Waals surface area contributed by atoms with Gasteiger partial charge in [-0.15, -0.1) is 0 Å². The summed E-state index contributed by atoms with van der Waals surface area (Å²) < 4.78 is 530. The molecule has 0 atom stereocenters. The molecule has 0 N–H and O–H groups in total. The molecule has 0 heterocycles. The van der Waals surface area contributed by atoms with Gasteiger partial charge in [-0.2, -0.15) is 171 Å². The standard InChI is InChI=1S/C21Cl6F39O4P/c22-16(23,10(46,47)4(34,35)1(28,29)7(40,41)13(52,53)19(58,59)60)68-71(67,69-17(24,25)11(48,49)5(36,37)2(30,31)8(42,43)14(54,55)20(61,62)63)70-18(26,27)12(50,51)6(38,39)3(32,33)9(44,45)15(56,57)21(64,65)66. The minimum atomic E-state index is -10.1. The molecular formula is C21Cl6F39O4P. The molecular weight excluding hydrogens is 1300 g/mol. The maximum atomic E-state index is 14.9. The van der Waals surface area contributed by atoms with Crippen LogP contribution in [0, 0.1) is 0 Å². The lowest BCUT2D eigenvalue weighted by molar-refractivity contribution is -0.444. The van der Waals surface area contributed by atoms with Crippen LogP contribution in [0.3, 0.4) is 0 Å². The summed E-state index contributed by atoms with van der Waals surface area (Å²) in [5, 5.41) is 0. The number of halogens is 45. The maximum Gasteiger partial charge on any atom is 0.483 e. The molecule has 71 heavy (non-hydrogen) atoms. The molecule has 0 saturated carbocycles. The highest BCUT2D eigenvalue weighted by Gasteiger charge is 2.97. The average molecular weight is 1300 g/mol. The first kappa shape index (κ1) is 70.1. The highest BCUT2D eigenvalue weighted by molar-refractivity contribution is 7.49. The van der Waals surface area contributed by atoms with Gasteiger partial charge in [0, 0.05) is 0 Å². The number of alkyl halides is 45. The van der Waals surface area contributed by atoms with E-state index in [4.69, 9.17) is 0 Å². The van der Waals surface area contributed by atoms with Crippen molar-refractivity contribution in [2.24, 2.45) is 0 Å². The molecule has 4 nitrogen and oxygen atoms in total. The first-order valence-electron chi connectivity index (χ1n) is 14.3. The number of rotatable bonds is 21. The van der Waals surface area contributed by atoms with Gasteiger partial charge in [-0.3, -0.25) is 0 Å². The summed E-state index contributed by atoms with van der Waals surface area (Å²) in [4.78, 5) is 0. The second-order valence-corrected chi connectivity index (χ2v) is 17.6. The van der Waals surface area contributed by atoms with E-state index in [9.17, 15) is 176 Å². The molecule has 0 aliphatic rings. The summed E-state index contributed by atoms with van der Waals surface area (Å²) in [6, 6.07) is 0. The van der Waals surface area contributed by atoms with Crippen molar-refractivity contribution in [2.75, 3.05) is 0 Å². The first-order valence-corrected chi connectivity index (χ1v) is 18.1. The van der Waals surface area contributed by atoms with E-state index in [-0.39, 0.29) is 0 Å². The molecule has 0 fully saturated rings. The van der Waals surface area contributed by atoms with Crippen LogP contribution in [0.15, 0.2) is 0 Å². The normalized spacial score (nSPS) is 17.3. The minimum absolute atomic E-state index is 2.15. The quantitative estimate of drug-likeness (QED) is 0.0653. The molecule has 50 heteroatoms. The number of phosphoric ester groups is 1. The van der Waals surface area contributed by atoms with Gasteiger partial charge in [0.1, 0.15) is 0 Å². The van der Waals surface area contributed by atoms with Crippen LogP contribution in [-0.4, -0.2) is 121 Å². The van der Waals surface area contributed by atoms with Crippen LogP contribution >= 0.6 is 77.4 Å². The molecule has 0 aromatic rings. The molecule has 0 aromatic heterocycles. The van der Waals surface area contributed by atoms with E-state index < -0.39 is 129 Å². The van der Waals surface area contributed by atoms with Gasteiger partial charge in [0.05, 0.1) is 0 Å². The van der Waals surface area contributed by atoms with Crippen molar-refractivity contribution in [3.63, 3.8) is 0 Å². The summed E-state index contributed by atoms with van der Waals surface area (Å²) in [5.74, 6) is -138. The van der Waals surface area contributed by atoms with E-state index in [2.05, 4.69) is 83.2 Å². The van der Waals surface area contributed by atoms with Gasteiger partial charge in [-0.25, -0.2) is 18.1 Å². The number of phosphoric acid groups is 1. The van der Waals surface area contributed by atoms with E-state index in [0.717, 1.165) is 0 Å². The van der Waals surface area contributed by atoms with Gasteiger partial charge >= 0.3 is 115 Å². The van der Waals surface area contributed by atoms with Gasteiger partial charge in [-0.1, -0.05) is 69.6 Å². The Kier molecular flexibility index (Phi) is 17.6. The second-order valence-electron chi connectivity index (χ2n) is 12.4. The van der Waals surface area contributed by atoms with Crippen LogP contribution in [0.4, 0.5) is 171 Å². The van der Waals surface area contributed by atoms with Gasteiger partial charge in [0.2, 0.25) is 0 Å². The van der Waals surface area contributed by atoms with E-state index >= 15 is 0 Å². The van der Waals surface area contributed by atoms with E-state index in [1.165, 1.54) is 0 Å². The zero-order valence-electron chi connectivity index (χ0n) is 29.6. The number of hydrogen-bond acceptors (Lipinski definition) is 4. The molecule has 0 radical (unpaired) electrons. The molecule has 428 valence electrons. The molecule has 0 rings (SSSR count). The summed E-state index contributed by atoms with van der Waals surface area (Å²) in [6.45, 7) is 0. The third-order valence-electron chi connectivity index (χ3n) is 7.58. The molecule has 0 spiro atoms. The van der Waals surface area contributed by atoms with E-state index in [1.54, 1.807) is 0 Å². The smallest absolute Gasteiger partial charge is 0.242 e. The number of hydrogen-bond donors (Lipinski definition) is 0. The van der Waals surface area contributed by atoms with Crippen LogP contribution in [0.2, 0.25) is 0 Å². The third-order valence-corrected chi connectivity index (χ3v) is 11.6. The zero-order chi connectivity index (χ0) is 59.1. The largest absolute Gasteiger partial charge is 0.483 e. The Bertz CT molecular complexity index is 1770. The van der Waals surface area contributed by atoms with E-state index in [0.29, 0.717) is 0 Å². The fourth-order valence-electron chi connectivity index (χ4n) is 3.51. The predicted molar refractivity (Wildman–Crippen MR) is 147 cm³/mol. The second kappa shape index (κ2) is 17.8. The summed E-state index contributed by atoms with van der Waals surface area (Å²) in [5.41, 5.74) is 0. The van der Waals surface area contributed by atoms with Crippen LogP contribution in [0.5, 0.6) is 0 Å². The van der Waals surface area contributed by atoms with Gasteiger partial charge in [-0.05, 0) is 0 Å². The topological polar surface area (TPSA) is 44.8 Å². The van der Waals surface area contributed by atoms with Crippen LogP contribution in [-0.2, 0) is 18.1 Å². The fourth-order valence-corrected chi connectivity index (χ4v) is 7.04. The molecule has 0 unspecified atom stereocenters. The molecule has 0 saturated heterocycles. The molecule has 0 aliphatic carbocycles. The SMILES string of the molecule is O=P(OC(Cl)(Cl)C(F)(F)C(F)(F)C(F)(F)C(F)(F)C(F)(F)C(F)(F)F)(OC(Cl)(Cl)C(F)(F)C(F)(F)C(F)(F)C(F)(F)C(F)(F)C(F)(F)F)OC(Cl)(Cl)C(F)(F)C(F)(F)C(F)(F)C(F)(F)C(F)(F)C(F)(F)F. The first-order chi connectivity index (χ1) is 29.6. The van der Waals surface area contributed by atoms with Gasteiger partial charge in [0.15, 0.2) is 0 Å². The predicted octanol–water partition coefficient (Wildman–Crippen LogP) is 16.8. The zero-order valence-corrected chi connectivity index (χ0v) is 35.0. The summed E-state index contributed by atoms with van der Waals surface area (Å²) >= 11 is 24.0. The monoisotopic (exact) mass is 1300 g/mol. The van der Waals surface area contributed by atoms with Crippen molar-refractivity contribution < 1.29 is 189 Å². The lowest BCUT2D eigenvalue weighted by atomic mass is 9.94. The summed E-state index contributed by atoms with van der Waals surface area (Å²) in [7, 11) is -10.1. The Morgan fingerprint density at radius 2 is 0.296 bits per heavy atom. The lowest BCUT2D eigenvalue weighted by Crippen LogP contribution is -2.73. The van der Waals surface area contributed by atoms with Gasteiger partial charge in [0.25, 0.3) is 13.6 Å². The Balaban J connectivity index is 8.75. The molecule has 0 aliphatic heterocycles. The van der Waals surface area contributed by atoms with Crippen molar-refractivity contribution in [3.05, 3.63) is 0 Å². The Labute approximate surface area is 387 Å². The Hall–Kier alpha value is -0.880. The van der Waals surface area contributed by atoms with Crippen molar-refractivity contribution in [2.45, 2.75) is 121 Å². The van der Waals surface area contributed by atoms with Crippen molar-refractivity contribution in [1.29, 1.82) is 0 Å². The average Bonchev–Trinajstić information content (AvgIpc) is 3.07. The van der Waals surface area contributed by atoms with Gasteiger partial charge < -0.3 is 0 Å². The highest BCUT2D eigenvalue weighted by Crippen LogP contribution is 2.74. The van der Waals surface area contributed by atoms with Crippen LogP contribution in [0.25, 0.3) is 0 Å². The van der Waals surface area contributed by atoms with E-state index in [1.807, 2.05) is 0 Å². The van der Waals surface area contributed by atoms with Crippen molar-refractivity contribution >= 4 is 77.4 Å². The Morgan fingerprint density at radius 3 is 0.408 bits per heavy atom. The highest BCUT2D eigenvalue weighted by atomic mass is 35.5. The molecule has 0 bridgehead atoms. The third kappa shape index (κ3) is 9.71. The minimum Gasteiger partial charge on any atom is -0.242 e. The van der Waals surface area contributed by atoms with Crippen LogP contribution < -0.4 is 0 Å². The van der Waals surface area contributed by atoms with Crippen molar-refractivity contribution in [3.8, 4) is 0 Å².